The summed E-state index contributed by atoms with van der Waals surface area (Å²) in [5.74, 6) is 0.779. The average molecular weight is 356 g/mol. The van der Waals surface area contributed by atoms with Crippen molar-refractivity contribution < 1.29 is 14.6 Å². The molecule has 2 amide bonds. The summed E-state index contributed by atoms with van der Waals surface area (Å²) in [5, 5.41) is 16.1. The van der Waals surface area contributed by atoms with Crippen LogP contribution in [0, 0.1) is 0 Å². The second-order valence-corrected chi connectivity index (χ2v) is 6.72. The van der Waals surface area contributed by atoms with E-state index in [1.807, 2.05) is 42.5 Å². The molecule has 0 saturated heterocycles. The Bertz CT molecular complexity index is 669. The first-order chi connectivity index (χ1) is 12.5. The Morgan fingerprint density at radius 3 is 2.38 bits per heavy atom. The van der Waals surface area contributed by atoms with E-state index < -0.39 is 5.60 Å². The van der Waals surface area contributed by atoms with Crippen LogP contribution in [0.3, 0.4) is 0 Å². The van der Waals surface area contributed by atoms with Crippen molar-refractivity contribution in [2.75, 3.05) is 20.2 Å². The lowest BCUT2D eigenvalue weighted by molar-refractivity contribution is 0.0624. The van der Waals surface area contributed by atoms with Gasteiger partial charge in [-0.3, -0.25) is 0 Å². The lowest BCUT2D eigenvalue weighted by atomic mass is 9.96. The zero-order valence-corrected chi connectivity index (χ0v) is 15.5. The smallest absolute Gasteiger partial charge is 0.314 e. The summed E-state index contributed by atoms with van der Waals surface area (Å²) in [4.78, 5) is 11.9. The minimum absolute atomic E-state index is 0.184. The van der Waals surface area contributed by atoms with Gasteiger partial charge >= 0.3 is 6.03 Å². The van der Waals surface area contributed by atoms with Crippen molar-refractivity contribution in [1.82, 2.24) is 10.6 Å². The Balaban J connectivity index is 1.66. The monoisotopic (exact) mass is 356 g/mol. The van der Waals surface area contributed by atoms with Crippen LogP contribution in [0.1, 0.15) is 24.5 Å². The molecule has 0 spiro atoms. The van der Waals surface area contributed by atoms with E-state index >= 15 is 0 Å². The largest absolute Gasteiger partial charge is 0.497 e. The zero-order valence-electron chi connectivity index (χ0n) is 15.5. The third kappa shape index (κ3) is 7.15. The van der Waals surface area contributed by atoms with Crippen LogP contribution in [0.4, 0.5) is 4.79 Å². The van der Waals surface area contributed by atoms with Gasteiger partial charge in [-0.1, -0.05) is 42.5 Å². The maximum atomic E-state index is 11.9. The van der Waals surface area contributed by atoms with Crippen LogP contribution in [0.5, 0.6) is 5.75 Å². The van der Waals surface area contributed by atoms with Gasteiger partial charge in [0.1, 0.15) is 5.75 Å². The van der Waals surface area contributed by atoms with Gasteiger partial charge in [-0.2, -0.15) is 0 Å². The standard InChI is InChI=1S/C21H28N2O3/c1-21(25,15-18-10-12-19(26-2)13-11-18)16-23-20(24)22-14-6-9-17-7-4-3-5-8-17/h3-5,7-8,10-13,25H,6,9,14-16H2,1-2H3,(H2,22,23,24). The van der Waals surface area contributed by atoms with Crippen molar-refractivity contribution in [3.8, 4) is 5.75 Å². The molecule has 0 saturated carbocycles. The van der Waals surface area contributed by atoms with E-state index in [9.17, 15) is 9.90 Å². The lowest BCUT2D eigenvalue weighted by Crippen LogP contribution is -2.46. The van der Waals surface area contributed by atoms with Crippen molar-refractivity contribution >= 4 is 6.03 Å². The molecule has 0 aromatic heterocycles. The zero-order chi connectivity index (χ0) is 18.8. The molecule has 0 aliphatic rings. The number of nitrogens with one attached hydrogen (secondary N) is 2. The molecule has 2 aromatic carbocycles. The van der Waals surface area contributed by atoms with Crippen molar-refractivity contribution in [3.63, 3.8) is 0 Å². The number of urea groups is 1. The Morgan fingerprint density at radius 1 is 1.04 bits per heavy atom. The molecule has 26 heavy (non-hydrogen) atoms. The van der Waals surface area contributed by atoms with Crippen LogP contribution < -0.4 is 15.4 Å². The Kier molecular flexibility index (Phi) is 7.48. The average Bonchev–Trinajstić information content (AvgIpc) is 2.65. The van der Waals surface area contributed by atoms with Gasteiger partial charge in [0.25, 0.3) is 0 Å². The molecular formula is C21H28N2O3. The summed E-state index contributed by atoms with van der Waals surface area (Å²) in [6.45, 7) is 2.50. The molecule has 0 aliphatic carbocycles. The predicted octanol–water partition coefficient (Wildman–Crippen LogP) is 2.92. The number of ether oxygens (including phenoxy) is 1. The molecule has 0 heterocycles. The molecule has 0 aliphatic heterocycles. The van der Waals surface area contributed by atoms with E-state index in [1.54, 1.807) is 14.0 Å². The fourth-order valence-electron chi connectivity index (χ4n) is 2.72. The molecule has 1 atom stereocenters. The van der Waals surface area contributed by atoms with E-state index in [-0.39, 0.29) is 12.6 Å². The molecule has 2 rings (SSSR count). The number of aryl methyl sites for hydroxylation is 1. The highest BCUT2D eigenvalue weighted by Crippen LogP contribution is 2.16. The number of hydrogen-bond acceptors (Lipinski definition) is 3. The predicted molar refractivity (Wildman–Crippen MR) is 103 cm³/mol. The molecular weight excluding hydrogens is 328 g/mol. The van der Waals surface area contributed by atoms with Gasteiger partial charge in [0, 0.05) is 19.5 Å². The number of rotatable bonds is 9. The molecule has 0 fully saturated rings. The number of amides is 2. The molecule has 1 unspecified atom stereocenters. The third-order valence-electron chi connectivity index (χ3n) is 4.14. The van der Waals surface area contributed by atoms with Gasteiger partial charge in [0.2, 0.25) is 0 Å². The molecule has 0 bridgehead atoms. The van der Waals surface area contributed by atoms with Gasteiger partial charge < -0.3 is 20.5 Å². The van der Waals surface area contributed by atoms with Gasteiger partial charge in [-0.25, -0.2) is 4.79 Å². The summed E-state index contributed by atoms with van der Waals surface area (Å²) in [7, 11) is 1.62. The molecule has 5 heteroatoms. The lowest BCUT2D eigenvalue weighted by Gasteiger charge is -2.24. The van der Waals surface area contributed by atoms with Crippen LogP contribution in [0.25, 0.3) is 0 Å². The first-order valence-electron chi connectivity index (χ1n) is 8.89. The molecule has 140 valence electrons. The van der Waals surface area contributed by atoms with Gasteiger partial charge in [-0.05, 0) is 43.0 Å². The fourth-order valence-corrected chi connectivity index (χ4v) is 2.72. The molecule has 3 N–H and O–H groups in total. The topological polar surface area (TPSA) is 70.6 Å². The summed E-state index contributed by atoms with van der Waals surface area (Å²) in [6.07, 6.45) is 2.25. The molecule has 2 aromatic rings. The van der Waals surface area contributed by atoms with E-state index in [4.69, 9.17) is 4.74 Å². The minimum Gasteiger partial charge on any atom is -0.497 e. The van der Waals surface area contributed by atoms with Crippen molar-refractivity contribution in [3.05, 3.63) is 65.7 Å². The van der Waals surface area contributed by atoms with E-state index in [0.29, 0.717) is 13.0 Å². The first-order valence-corrected chi connectivity index (χ1v) is 8.89. The number of benzene rings is 2. The van der Waals surface area contributed by atoms with Crippen molar-refractivity contribution in [2.24, 2.45) is 0 Å². The minimum atomic E-state index is -1.02. The van der Waals surface area contributed by atoms with Crippen LogP contribution in [-0.2, 0) is 12.8 Å². The second kappa shape index (κ2) is 9.82. The number of carbonyl (C=O) groups is 1. The maximum Gasteiger partial charge on any atom is 0.314 e. The highest BCUT2D eigenvalue weighted by molar-refractivity contribution is 5.73. The summed E-state index contributed by atoms with van der Waals surface area (Å²) in [6, 6.07) is 17.5. The van der Waals surface area contributed by atoms with Crippen LogP contribution in [0.2, 0.25) is 0 Å². The number of methoxy groups -OCH3 is 1. The summed E-state index contributed by atoms with van der Waals surface area (Å²) < 4.78 is 5.13. The van der Waals surface area contributed by atoms with Gasteiger partial charge in [0.15, 0.2) is 0 Å². The highest BCUT2D eigenvalue weighted by atomic mass is 16.5. The quantitative estimate of drug-likeness (QED) is 0.605. The summed E-state index contributed by atoms with van der Waals surface area (Å²) in [5.41, 5.74) is 1.23. The van der Waals surface area contributed by atoms with Crippen LogP contribution in [0.15, 0.2) is 54.6 Å². The van der Waals surface area contributed by atoms with E-state index in [1.165, 1.54) is 5.56 Å². The number of hydrogen-bond donors (Lipinski definition) is 3. The van der Waals surface area contributed by atoms with Crippen LogP contribution in [-0.4, -0.2) is 36.9 Å². The van der Waals surface area contributed by atoms with Gasteiger partial charge in [-0.15, -0.1) is 0 Å². The Labute approximate surface area is 155 Å². The highest BCUT2D eigenvalue weighted by Gasteiger charge is 2.21. The third-order valence-corrected chi connectivity index (χ3v) is 4.14. The van der Waals surface area contributed by atoms with E-state index in [2.05, 4.69) is 22.8 Å². The Morgan fingerprint density at radius 2 is 1.73 bits per heavy atom. The second-order valence-electron chi connectivity index (χ2n) is 6.72. The van der Waals surface area contributed by atoms with Crippen molar-refractivity contribution in [2.45, 2.75) is 31.8 Å². The van der Waals surface area contributed by atoms with Gasteiger partial charge in [0.05, 0.1) is 12.7 Å². The SMILES string of the molecule is COc1ccc(CC(C)(O)CNC(=O)NCCCc2ccccc2)cc1. The van der Waals surface area contributed by atoms with Crippen LogP contribution >= 0.6 is 0 Å². The molecule has 5 nitrogen and oxygen atoms in total. The first kappa shape index (κ1) is 19.8. The normalized spacial score (nSPS) is 12.9. The van der Waals surface area contributed by atoms with E-state index in [0.717, 1.165) is 24.2 Å². The van der Waals surface area contributed by atoms with Crippen molar-refractivity contribution in [1.29, 1.82) is 0 Å². The maximum absolute atomic E-state index is 11.9. The Hall–Kier alpha value is -2.53. The fraction of sp³-hybridized carbons (Fsp3) is 0.381. The summed E-state index contributed by atoms with van der Waals surface area (Å²) >= 11 is 0. The number of carbonyl (C=O) groups excluding carboxylic acids is 1. The number of aliphatic hydroxyl groups is 1. The molecule has 0 radical (unpaired) electrons.